The Morgan fingerprint density at radius 1 is 1.00 bits per heavy atom. The van der Waals surface area contributed by atoms with Gasteiger partial charge in [0.1, 0.15) is 0 Å². The van der Waals surface area contributed by atoms with E-state index in [1.807, 2.05) is 60.7 Å². The van der Waals surface area contributed by atoms with Crippen molar-refractivity contribution in [2.45, 2.75) is 22.8 Å². The van der Waals surface area contributed by atoms with E-state index in [1.165, 1.54) is 0 Å². The van der Waals surface area contributed by atoms with E-state index in [1.54, 1.807) is 31.2 Å². The second-order valence-corrected chi connectivity index (χ2v) is 7.27. The lowest BCUT2D eigenvalue weighted by Gasteiger charge is -2.10. The van der Waals surface area contributed by atoms with E-state index in [0.717, 1.165) is 31.6 Å². The maximum Gasteiger partial charge on any atom is 0.0923 e. The Kier molecular flexibility index (Phi) is 6.34. The third-order valence-corrected chi connectivity index (χ3v) is 5.10. The SMILES string of the molecule is CC(O)c1ccc(-c2[nH]cnccccc2Sc2ccc(Cl)cc2)cc1. The largest absolute Gasteiger partial charge is 0.389 e. The molecule has 0 saturated carbocycles. The molecule has 0 aliphatic rings. The zero-order valence-electron chi connectivity index (χ0n) is 14.3. The van der Waals surface area contributed by atoms with Gasteiger partial charge in [0.25, 0.3) is 0 Å². The Morgan fingerprint density at radius 3 is 2.42 bits per heavy atom. The number of nitrogens with one attached hydrogen (secondary N) is 1. The van der Waals surface area contributed by atoms with E-state index in [2.05, 4.69) is 16.0 Å². The Labute approximate surface area is 162 Å². The number of hydrogen-bond donors (Lipinski definition) is 2. The number of hydrogen-bond acceptors (Lipinski definition) is 3. The lowest BCUT2D eigenvalue weighted by Crippen LogP contribution is -1.91. The van der Waals surface area contributed by atoms with Crippen LogP contribution in [0.4, 0.5) is 0 Å². The van der Waals surface area contributed by atoms with Crippen molar-refractivity contribution >= 4 is 23.4 Å². The molecule has 1 atom stereocenters. The molecule has 0 fully saturated rings. The molecule has 0 aliphatic carbocycles. The molecule has 3 aromatic rings. The highest BCUT2D eigenvalue weighted by Gasteiger charge is 2.07. The Bertz CT molecular complexity index is 904. The van der Waals surface area contributed by atoms with Crippen molar-refractivity contribution in [2.24, 2.45) is 0 Å². The van der Waals surface area contributed by atoms with Crippen LogP contribution in [0.25, 0.3) is 11.3 Å². The quantitative estimate of drug-likeness (QED) is 0.576. The van der Waals surface area contributed by atoms with Crippen LogP contribution in [-0.2, 0) is 0 Å². The van der Waals surface area contributed by atoms with Crippen LogP contribution >= 0.6 is 23.4 Å². The van der Waals surface area contributed by atoms with Gasteiger partial charge >= 0.3 is 0 Å². The summed E-state index contributed by atoms with van der Waals surface area (Å²) in [5, 5.41) is 10.4. The van der Waals surface area contributed by atoms with Crippen LogP contribution in [0.15, 0.2) is 89.0 Å². The number of nitrogens with zero attached hydrogens (tertiary/aromatic N) is 1. The Morgan fingerprint density at radius 2 is 1.73 bits per heavy atom. The van der Waals surface area contributed by atoms with Gasteiger partial charge in [0.15, 0.2) is 0 Å². The molecular formula is C21H19ClN2OS. The summed E-state index contributed by atoms with van der Waals surface area (Å²) in [6, 6.07) is 21.5. The predicted molar refractivity (Wildman–Crippen MR) is 108 cm³/mol. The highest BCUT2D eigenvalue weighted by Crippen LogP contribution is 2.34. The zero-order chi connectivity index (χ0) is 18.4. The van der Waals surface area contributed by atoms with E-state index in [9.17, 15) is 5.11 Å². The molecule has 3 rings (SSSR count). The number of aromatic nitrogens is 2. The van der Waals surface area contributed by atoms with E-state index >= 15 is 0 Å². The molecule has 1 aromatic heterocycles. The first-order chi connectivity index (χ1) is 12.6. The van der Waals surface area contributed by atoms with Crippen molar-refractivity contribution in [1.82, 2.24) is 9.97 Å². The maximum atomic E-state index is 9.73. The van der Waals surface area contributed by atoms with Gasteiger partial charge < -0.3 is 10.1 Å². The Balaban J connectivity index is 2.07. The Hall–Kier alpha value is -2.27. The van der Waals surface area contributed by atoms with Gasteiger partial charge in [-0.15, -0.1) is 0 Å². The number of benzene rings is 2. The van der Waals surface area contributed by atoms with Crippen molar-refractivity contribution in [3.8, 4) is 11.3 Å². The normalized spacial score (nSPS) is 11.7. The van der Waals surface area contributed by atoms with Crippen LogP contribution in [0.1, 0.15) is 18.6 Å². The summed E-state index contributed by atoms with van der Waals surface area (Å²) in [5.74, 6) is 0. The highest BCUT2D eigenvalue weighted by atomic mass is 35.5. The smallest absolute Gasteiger partial charge is 0.0923 e. The second kappa shape index (κ2) is 8.90. The van der Waals surface area contributed by atoms with Crippen molar-refractivity contribution in [3.63, 3.8) is 0 Å². The van der Waals surface area contributed by atoms with Crippen LogP contribution in [0.5, 0.6) is 0 Å². The molecular weight excluding hydrogens is 364 g/mol. The summed E-state index contributed by atoms with van der Waals surface area (Å²) < 4.78 is 0. The molecule has 26 heavy (non-hydrogen) atoms. The molecule has 0 saturated heterocycles. The van der Waals surface area contributed by atoms with Crippen molar-refractivity contribution in [3.05, 3.63) is 89.8 Å². The molecule has 1 heterocycles. The van der Waals surface area contributed by atoms with E-state index in [0.29, 0.717) is 0 Å². The summed E-state index contributed by atoms with van der Waals surface area (Å²) in [7, 11) is 0. The summed E-state index contributed by atoms with van der Waals surface area (Å²) in [5.41, 5.74) is 2.85. The van der Waals surface area contributed by atoms with Crippen molar-refractivity contribution < 1.29 is 5.11 Å². The minimum atomic E-state index is -0.486. The third-order valence-electron chi connectivity index (χ3n) is 3.78. The monoisotopic (exact) mass is 382 g/mol. The number of rotatable bonds is 4. The number of aliphatic hydroxyl groups excluding tert-OH is 1. The van der Waals surface area contributed by atoms with Gasteiger partial charge in [-0.25, -0.2) is 4.98 Å². The molecule has 0 aliphatic heterocycles. The molecule has 0 bridgehead atoms. The fraction of sp³-hybridized carbons (Fsp3) is 0.0952. The fourth-order valence-electron chi connectivity index (χ4n) is 2.41. The third kappa shape index (κ3) is 4.88. The van der Waals surface area contributed by atoms with Gasteiger partial charge in [-0.2, -0.15) is 0 Å². The van der Waals surface area contributed by atoms with Crippen molar-refractivity contribution in [2.75, 3.05) is 0 Å². The van der Waals surface area contributed by atoms with Crippen LogP contribution in [0, 0.1) is 0 Å². The molecule has 2 N–H and O–H groups in total. The van der Waals surface area contributed by atoms with Gasteiger partial charge in [-0.3, -0.25) is 0 Å². The molecule has 1 unspecified atom stereocenters. The van der Waals surface area contributed by atoms with Gasteiger partial charge in [-0.05, 0) is 54.4 Å². The summed E-state index contributed by atoms with van der Waals surface area (Å²) >= 11 is 7.64. The second-order valence-electron chi connectivity index (χ2n) is 5.72. The number of H-pyrrole nitrogens is 1. The lowest BCUT2D eigenvalue weighted by atomic mass is 10.1. The molecule has 132 valence electrons. The lowest BCUT2D eigenvalue weighted by molar-refractivity contribution is 0.199. The van der Waals surface area contributed by atoms with Crippen molar-refractivity contribution in [1.29, 1.82) is 0 Å². The molecule has 0 spiro atoms. The molecule has 2 aromatic carbocycles. The van der Waals surface area contributed by atoms with Gasteiger partial charge in [0, 0.05) is 21.0 Å². The van der Waals surface area contributed by atoms with Crippen LogP contribution in [0.2, 0.25) is 5.02 Å². The maximum absolute atomic E-state index is 9.73. The summed E-state index contributed by atoms with van der Waals surface area (Å²) in [6.07, 6.45) is 2.91. The van der Waals surface area contributed by atoms with E-state index in [-0.39, 0.29) is 0 Å². The minimum Gasteiger partial charge on any atom is -0.389 e. The van der Waals surface area contributed by atoms with E-state index < -0.39 is 6.10 Å². The van der Waals surface area contributed by atoms with Crippen LogP contribution < -0.4 is 0 Å². The first-order valence-corrected chi connectivity index (χ1v) is 9.40. The molecule has 0 amide bonds. The summed E-state index contributed by atoms with van der Waals surface area (Å²) in [4.78, 5) is 9.62. The first kappa shape index (κ1) is 18.5. The number of aromatic amines is 1. The average molecular weight is 383 g/mol. The minimum absolute atomic E-state index is 0.486. The standard InChI is InChI=1S/C21H19ClN2OS/c1-15(25)16-5-7-17(8-6-16)21-20(4-2-3-13-23-14-24-21)26-19-11-9-18(22)10-12-19/h2-15,25H,1H3,(H,23,24). The topological polar surface area (TPSA) is 48.9 Å². The first-order valence-electron chi connectivity index (χ1n) is 8.21. The zero-order valence-corrected chi connectivity index (χ0v) is 15.8. The average Bonchev–Trinajstić information content (AvgIpc) is 2.76. The molecule has 3 nitrogen and oxygen atoms in total. The highest BCUT2D eigenvalue weighted by molar-refractivity contribution is 7.99. The summed E-state index contributed by atoms with van der Waals surface area (Å²) in [6.45, 7) is 1.76. The van der Waals surface area contributed by atoms with Crippen LogP contribution in [-0.4, -0.2) is 15.1 Å². The molecule has 5 heteroatoms. The van der Waals surface area contributed by atoms with Gasteiger partial charge in [-0.1, -0.05) is 53.7 Å². The number of halogens is 1. The van der Waals surface area contributed by atoms with Gasteiger partial charge in [0.2, 0.25) is 0 Å². The van der Waals surface area contributed by atoms with Gasteiger partial charge in [0.05, 0.1) is 18.1 Å². The fourth-order valence-corrected chi connectivity index (χ4v) is 3.49. The predicted octanol–water partition coefficient (Wildman–Crippen LogP) is 6.06. The number of aliphatic hydroxyl groups is 1. The van der Waals surface area contributed by atoms with Crippen LogP contribution in [0.3, 0.4) is 0 Å². The van der Waals surface area contributed by atoms with E-state index in [4.69, 9.17) is 11.6 Å². The molecule has 0 radical (unpaired) electrons.